The SMILES string of the molecule is CC(=O)N(c1cccc(C(=O)NC2CN(C)C2)c1)C1CCN(C(=O)O)C1. The average Bonchev–Trinajstić information content (AvgIpc) is 3.03. The number of amides is 3. The maximum absolute atomic E-state index is 12.4. The number of likely N-dealkylation sites (tertiary alicyclic amines) is 2. The lowest BCUT2D eigenvalue weighted by molar-refractivity contribution is -0.117. The highest BCUT2D eigenvalue weighted by atomic mass is 16.4. The molecule has 2 N–H and O–H groups in total. The smallest absolute Gasteiger partial charge is 0.407 e. The van der Waals surface area contributed by atoms with Gasteiger partial charge in [-0.1, -0.05) is 6.07 Å². The maximum atomic E-state index is 12.4. The molecule has 0 bridgehead atoms. The summed E-state index contributed by atoms with van der Waals surface area (Å²) in [5.74, 6) is -0.326. The molecule has 8 heteroatoms. The second-order valence-electron chi connectivity index (χ2n) is 7.00. The molecule has 8 nitrogen and oxygen atoms in total. The van der Waals surface area contributed by atoms with E-state index in [1.54, 1.807) is 29.2 Å². The fraction of sp³-hybridized carbons (Fsp3) is 0.500. The Kier molecular flexibility index (Phi) is 5.13. The van der Waals surface area contributed by atoms with E-state index in [0.717, 1.165) is 13.1 Å². The van der Waals surface area contributed by atoms with E-state index in [-0.39, 0.29) is 30.4 Å². The summed E-state index contributed by atoms with van der Waals surface area (Å²) in [6.07, 6.45) is -0.397. The van der Waals surface area contributed by atoms with E-state index in [4.69, 9.17) is 5.11 Å². The zero-order chi connectivity index (χ0) is 18.8. The van der Waals surface area contributed by atoms with Gasteiger partial charge in [-0.25, -0.2) is 4.79 Å². The minimum absolute atomic E-state index is 0.152. The molecule has 1 aromatic carbocycles. The van der Waals surface area contributed by atoms with Gasteiger partial charge in [0.15, 0.2) is 0 Å². The van der Waals surface area contributed by atoms with Crippen LogP contribution in [0.25, 0.3) is 0 Å². The Morgan fingerprint density at radius 1 is 1.23 bits per heavy atom. The molecular formula is C18H24N4O4. The molecule has 2 fully saturated rings. The molecule has 140 valence electrons. The van der Waals surface area contributed by atoms with Crippen molar-refractivity contribution in [1.29, 1.82) is 0 Å². The number of carboxylic acid groups (broad SMARTS) is 1. The molecule has 2 aliphatic heterocycles. The Morgan fingerprint density at radius 2 is 1.96 bits per heavy atom. The molecule has 3 amide bonds. The Morgan fingerprint density at radius 3 is 2.54 bits per heavy atom. The number of carbonyl (C=O) groups is 3. The van der Waals surface area contributed by atoms with E-state index in [1.165, 1.54) is 11.8 Å². The topological polar surface area (TPSA) is 93.2 Å². The predicted octanol–water partition coefficient (Wildman–Crippen LogP) is 0.836. The summed E-state index contributed by atoms with van der Waals surface area (Å²) in [6, 6.07) is 6.87. The Balaban J connectivity index is 1.75. The van der Waals surface area contributed by atoms with E-state index >= 15 is 0 Å². The number of nitrogens with one attached hydrogen (secondary N) is 1. The molecule has 2 heterocycles. The normalized spacial score (nSPS) is 20.5. The van der Waals surface area contributed by atoms with Crippen LogP contribution in [0.4, 0.5) is 10.5 Å². The van der Waals surface area contributed by atoms with Crippen molar-refractivity contribution in [1.82, 2.24) is 15.1 Å². The lowest BCUT2D eigenvalue weighted by Crippen LogP contribution is -2.57. The predicted molar refractivity (Wildman–Crippen MR) is 96.4 cm³/mol. The van der Waals surface area contributed by atoms with Crippen LogP contribution in [-0.2, 0) is 4.79 Å². The molecule has 1 unspecified atom stereocenters. The van der Waals surface area contributed by atoms with Crippen LogP contribution in [-0.4, -0.2) is 78.1 Å². The number of rotatable bonds is 4. The first-order valence-corrected chi connectivity index (χ1v) is 8.72. The number of nitrogens with zero attached hydrogens (tertiary/aromatic N) is 3. The van der Waals surface area contributed by atoms with Gasteiger partial charge in [0.25, 0.3) is 5.91 Å². The minimum Gasteiger partial charge on any atom is -0.465 e. The summed E-state index contributed by atoms with van der Waals surface area (Å²) < 4.78 is 0. The molecule has 26 heavy (non-hydrogen) atoms. The van der Waals surface area contributed by atoms with E-state index in [9.17, 15) is 14.4 Å². The second kappa shape index (κ2) is 7.33. The third-order valence-corrected chi connectivity index (χ3v) is 4.92. The number of carbonyl (C=O) groups excluding carboxylic acids is 2. The molecular weight excluding hydrogens is 336 g/mol. The molecule has 1 atom stereocenters. The van der Waals surface area contributed by atoms with Crippen LogP contribution >= 0.6 is 0 Å². The Labute approximate surface area is 152 Å². The number of hydrogen-bond acceptors (Lipinski definition) is 4. The quantitative estimate of drug-likeness (QED) is 0.830. The molecule has 0 spiro atoms. The van der Waals surface area contributed by atoms with Gasteiger partial charge < -0.3 is 25.1 Å². The van der Waals surface area contributed by atoms with Crippen molar-refractivity contribution in [2.45, 2.75) is 25.4 Å². The van der Waals surface area contributed by atoms with Gasteiger partial charge in [-0.05, 0) is 31.7 Å². The fourth-order valence-corrected chi connectivity index (χ4v) is 3.63. The molecule has 1 aromatic rings. The first kappa shape index (κ1) is 18.2. The molecule has 2 saturated heterocycles. The van der Waals surface area contributed by atoms with Gasteiger partial charge in [0.2, 0.25) is 5.91 Å². The van der Waals surface area contributed by atoms with Crippen LogP contribution in [0.2, 0.25) is 0 Å². The molecule has 3 rings (SSSR count). The Hall–Kier alpha value is -2.61. The highest BCUT2D eigenvalue weighted by Gasteiger charge is 2.33. The van der Waals surface area contributed by atoms with Crippen molar-refractivity contribution in [3.63, 3.8) is 0 Å². The third kappa shape index (κ3) is 3.80. The molecule has 0 aliphatic carbocycles. The van der Waals surface area contributed by atoms with Crippen molar-refractivity contribution in [2.24, 2.45) is 0 Å². The van der Waals surface area contributed by atoms with E-state index in [0.29, 0.717) is 24.2 Å². The van der Waals surface area contributed by atoms with Gasteiger partial charge in [0.05, 0.1) is 12.1 Å². The monoisotopic (exact) mass is 360 g/mol. The number of anilines is 1. The van der Waals surface area contributed by atoms with Gasteiger partial charge in [-0.3, -0.25) is 9.59 Å². The van der Waals surface area contributed by atoms with Crippen LogP contribution in [0.1, 0.15) is 23.7 Å². The maximum Gasteiger partial charge on any atom is 0.407 e. The second-order valence-corrected chi connectivity index (χ2v) is 7.00. The summed E-state index contributed by atoms with van der Waals surface area (Å²) >= 11 is 0. The van der Waals surface area contributed by atoms with Crippen molar-refractivity contribution in [3.8, 4) is 0 Å². The Bertz CT molecular complexity index is 717. The summed E-state index contributed by atoms with van der Waals surface area (Å²) in [5.41, 5.74) is 1.12. The van der Waals surface area contributed by atoms with Gasteiger partial charge in [0, 0.05) is 44.4 Å². The van der Waals surface area contributed by atoms with Gasteiger partial charge in [-0.2, -0.15) is 0 Å². The van der Waals surface area contributed by atoms with Gasteiger partial charge >= 0.3 is 6.09 Å². The number of hydrogen-bond donors (Lipinski definition) is 2. The van der Waals surface area contributed by atoms with Crippen molar-refractivity contribution < 1.29 is 19.5 Å². The summed E-state index contributed by atoms with van der Waals surface area (Å²) in [5, 5.41) is 12.1. The molecule has 0 saturated carbocycles. The van der Waals surface area contributed by atoms with Crippen LogP contribution in [0, 0.1) is 0 Å². The minimum atomic E-state index is -0.977. The number of likely N-dealkylation sites (N-methyl/N-ethyl adjacent to an activating group) is 1. The van der Waals surface area contributed by atoms with Crippen LogP contribution in [0.5, 0.6) is 0 Å². The first-order valence-electron chi connectivity index (χ1n) is 8.72. The van der Waals surface area contributed by atoms with Crippen molar-refractivity contribution >= 4 is 23.6 Å². The zero-order valence-electron chi connectivity index (χ0n) is 15.0. The molecule has 0 aromatic heterocycles. The average molecular weight is 360 g/mol. The highest BCUT2D eigenvalue weighted by molar-refractivity contribution is 5.98. The van der Waals surface area contributed by atoms with Gasteiger partial charge in [0.1, 0.15) is 0 Å². The zero-order valence-corrected chi connectivity index (χ0v) is 15.0. The van der Waals surface area contributed by atoms with Crippen LogP contribution in [0.3, 0.4) is 0 Å². The summed E-state index contributed by atoms with van der Waals surface area (Å²) in [7, 11) is 2.00. The lowest BCUT2D eigenvalue weighted by Gasteiger charge is -2.36. The van der Waals surface area contributed by atoms with Crippen LogP contribution < -0.4 is 10.2 Å². The fourth-order valence-electron chi connectivity index (χ4n) is 3.63. The van der Waals surface area contributed by atoms with Crippen LogP contribution in [0.15, 0.2) is 24.3 Å². The van der Waals surface area contributed by atoms with E-state index in [2.05, 4.69) is 10.2 Å². The summed E-state index contributed by atoms with van der Waals surface area (Å²) in [4.78, 5) is 40.8. The third-order valence-electron chi connectivity index (χ3n) is 4.92. The lowest BCUT2D eigenvalue weighted by atomic mass is 10.1. The first-order chi connectivity index (χ1) is 12.3. The van der Waals surface area contributed by atoms with Crippen molar-refractivity contribution in [2.75, 3.05) is 38.1 Å². The van der Waals surface area contributed by atoms with Gasteiger partial charge in [-0.15, -0.1) is 0 Å². The largest absolute Gasteiger partial charge is 0.465 e. The standard InChI is InChI=1S/C18H24N4O4/c1-12(23)22(16-6-7-21(11-16)18(25)26)15-5-3-4-13(8-15)17(24)19-14-9-20(2)10-14/h3-5,8,14,16H,6-7,9-11H2,1-2H3,(H,19,24)(H,25,26). The van der Waals surface area contributed by atoms with E-state index in [1.807, 2.05) is 7.05 Å². The van der Waals surface area contributed by atoms with E-state index < -0.39 is 6.09 Å². The summed E-state index contributed by atoms with van der Waals surface area (Å²) in [6.45, 7) is 3.80. The molecule has 0 radical (unpaired) electrons. The van der Waals surface area contributed by atoms with Crippen molar-refractivity contribution in [3.05, 3.63) is 29.8 Å². The number of benzene rings is 1. The molecule has 2 aliphatic rings. The highest BCUT2D eigenvalue weighted by Crippen LogP contribution is 2.24.